The third kappa shape index (κ3) is 6.24. The van der Waals surface area contributed by atoms with E-state index in [1.165, 1.54) is 32.4 Å². The van der Waals surface area contributed by atoms with Crippen LogP contribution in [0, 0.1) is 21.4 Å². The maximum atomic E-state index is 12.7. The van der Waals surface area contributed by atoms with Crippen molar-refractivity contribution in [2.45, 2.75) is 6.61 Å². The Morgan fingerprint density at radius 2 is 1.72 bits per heavy atom. The van der Waals surface area contributed by atoms with Crippen molar-refractivity contribution in [1.82, 2.24) is 0 Å². The largest absolute Gasteiger partial charge is 0.495 e. The van der Waals surface area contributed by atoms with E-state index in [-0.39, 0.29) is 29.3 Å². The lowest BCUT2D eigenvalue weighted by Crippen LogP contribution is -2.14. The minimum absolute atomic E-state index is 0.0532. The van der Waals surface area contributed by atoms with Gasteiger partial charge in [0.25, 0.3) is 11.6 Å². The number of ether oxygens (including phenoxy) is 3. The van der Waals surface area contributed by atoms with Gasteiger partial charge in [0.05, 0.1) is 24.8 Å². The van der Waals surface area contributed by atoms with Gasteiger partial charge in [-0.05, 0) is 42.0 Å². The fourth-order valence-corrected chi connectivity index (χ4v) is 3.63. The molecule has 0 aliphatic carbocycles. The summed E-state index contributed by atoms with van der Waals surface area (Å²) in [5.74, 6) is 0.178. The smallest absolute Gasteiger partial charge is 0.271 e. The number of nitrogens with zero attached hydrogens (tertiary/aromatic N) is 2. The molecule has 1 amide bonds. The molecule has 0 aliphatic heterocycles. The highest BCUT2D eigenvalue weighted by atomic mass is 35.5. The van der Waals surface area contributed by atoms with E-state index in [0.717, 1.165) is 6.07 Å². The number of hydrogen-bond acceptors (Lipinski definition) is 7. The molecule has 0 radical (unpaired) electrons. The number of rotatable bonds is 9. The van der Waals surface area contributed by atoms with E-state index >= 15 is 0 Å². The van der Waals surface area contributed by atoms with Crippen molar-refractivity contribution < 1.29 is 23.9 Å². The van der Waals surface area contributed by atoms with Gasteiger partial charge in [-0.25, -0.2) is 0 Å². The van der Waals surface area contributed by atoms with E-state index in [2.05, 4.69) is 5.32 Å². The molecule has 36 heavy (non-hydrogen) atoms. The third-order valence-corrected chi connectivity index (χ3v) is 5.65. The van der Waals surface area contributed by atoms with E-state index in [1.54, 1.807) is 36.4 Å². The molecule has 0 fully saturated rings. The number of halogens is 2. The number of nitro groups is 1. The Labute approximate surface area is 216 Å². The quantitative estimate of drug-likeness (QED) is 0.155. The lowest BCUT2D eigenvalue weighted by Gasteiger charge is -2.13. The van der Waals surface area contributed by atoms with E-state index < -0.39 is 10.8 Å². The lowest BCUT2D eigenvalue weighted by molar-refractivity contribution is -0.384. The average molecular weight is 528 g/mol. The maximum absolute atomic E-state index is 12.7. The standard InChI is InChI=1S/C25H19Cl2N3O6/c1-34-22-9-7-17(30(32)33)12-21(22)29-25(31)16(13-28)10-15-6-8-23(24(11-15)35-2)36-14-18-19(26)4-3-5-20(18)27/h3-12H,14H2,1-2H3,(H,29,31)/b16-10+. The Balaban J connectivity index is 1.82. The Hall–Kier alpha value is -4.26. The van der Waals surface area contributed by atoms with Gasteiger partial charge in [0, 0.05) is 27.7 Å². The zero-order valence-electron chi connectivity index (χ0n) is 19.1. The van der Waals surface area contributed by atoms with Gasteiger partial charge in [-0.1, -0.05) is 35.3 Å². The maximum Gasteiger partial charge on any atom is 0.271 e. The molecule has 0 heterocycles. The number of amides is 1. The molecule has 0 aromatic heterocycles. The second-order valence-electron chi connectivity index (χ2n) is 7.16. The molecule has 3 rings (SSSR count). The van der Waals surface area contributed by atoms with E-state index in [4.69, 9.17) is 37.4 Å². The van der Waals surface area contributed by atoms with Crippen LogP contribution in [0.4, 0.5) is 11.4 Å². The summed E-state index contributed by atoms with van der Waals surface area (Å²) >= 11 is 12.4. The average Bonchev–Trinajstić information content (AvgIpc) is 2.87. The predicted octanol–water partition coefficient (Wildman–Crippen LogP) is 6.04. The summed E-state index contributed by atoms with van der Waals surface area (Å²) in [6, 6.07) is 15.5. The number of nitro benzene ring substituents is 1. The summed E-state index contributed by atoms with van der Waals surface area (Å²) in [5.41, 5.74) is 0.658. The van der Waals surface area contributed by atoms with E-state index in [0.29, 0.717) is 32.7 Å². The summed E-state index contributed by atoms with van der Waals surface area (Å²) in [4.78, 5) is 23.2. The second kappa shape index (κ2) is 11.9. The number of methoxy groups -OCH3 is 2. The first-order valence-corrected chi connectivity index (χ1v) is 11.0. The molecular formula is C25H19Cl2N3O6. The number of anilines is 1. The zero-order chi connectivity index (χ0) is 26.2. The molecule has 0 saturated heterocycles. The van der Waals surface area contributed by atoms with Crippen molar-refractivity contribution in [1.29, 1.82) is 5.26 Å². The SMILES string of the molecule is COc1ccc([N+](=O)[O-])cc1NC(=O)/C(C#N)=C/c1ccc(OCc2c(Cl)cccc2Cl)c(OC)c1. The van der Waals surface area contributed by atoms with Gasteiger partial charge in [-0.3, -0.25) is 14.9 Å². The van der Waals surface area contributed by atoms with Gasteiger partial charge in [0.15, 0.2) is 11.5 Å². The number of non-ortho nitro benzene ring substituents is 1. The summed E-state index contributed by atoms with van der Waals surface area (Å²) < 4.78 is 16.3. The number of benzene rings is 3. The summed E-state index contributed by atoms with van der Waals surface area (Å²) in [6.45, 7) is 0.0982. The summed E-state index contributed by atoms with van der Waals surface area (Å²) in [6.07, 6.45) is 1.34. The monoisotopic (exact) mass is 527 g/mol. The fourth-order valence-electron chi connectivity index (χ4n) is 3.13. The first kappa shape index (κ1) is 26.3. The van der Waals surface area contributed by atoms with Crippen LogP contribution in [0.2, 0.25) is 10.0 Å². The lowest BCUT2D eigenvalue weighted by atomic mass is 10.1. The van der Waals surface area contributed by atoms with Crippen molar-refractivity contribution in [3.05, 3.63) is 91.5 Å². The summed E-state index contributed by atoms with van der Waals surface area (Å²) in [7, 11) is 2.80. The predicted molar refractivity (Wildman–Crippen MR) is 136 cm³/mol. The number of carbonyl (C=O) groups excluding carboxylic acids is 1. The van der Waals surface area contributed by atoms with Crippen molar-refractivity contribution in [3.63, 3.8) is 0 Å². The second-order valence-corrected chi connectivity index (χ2v) is 7.98. The molecular weight excluding hydrogens is 509 g/mol. The van der Waals surface area contributed by atoms with E-state index in [1.807, 2.05) is 6.07 Å². The number of nitrogens with one attached hydrogen (secondary N) is 1. The number of nitriles is 1. The van der Waals surface area contributed by atoms with Crippen molar-refractivity contribution >= 4 is 46.6 Å². The summed E-state index contributed by atoms with van der Waals surface area (Å²) in [5, 5.41) is 24.0. The molecule has 3 aromatic carbocycles. The first-order chi connectivity index (χ1) is 17.3. The van der Waals surface area contributed by atoms with Gasteiger partial charge in [-0.2, -0.15) is 5.26 Å². The molecule has 0 aliphatic rings. The Kier molecular flexibility index (Phi) is 8.73. The molecule has 11 heteroatoms. The van der Waals surface area contributed by atoms with Crippen LogP contribution in [0.1, 0.15) is 11.1 Å². The van der Waals surface area contributed by atoms with Crippen LogP contribution in [-0.2, 0) is 11.4 Å². The van der Waals surface area contributed by atoms with Gasteiger partial charge in [-0.15, -0.1) is 0 Å². The minimum Gasteiger partial charge on any atom is -0.495 e. The minimum atomic E-state index is -0.774. The molecule has 0 saturated carbocycles. The third-order valence-electron chi connectivity index (χ3n) is 4.94. The van der Waals surface area contributed by atoms with Gasteiger partial charge >= 0.3 is 0 Å². The van der Waals surface area contributed by atoms with Crippen LogP contribution in [-0.4, -0.2) is 25.1 Å². The van der Waals surface area contributed by atoms with Crippen molar-refractivity contribution in [2.24, 2.45) is 0 Å². The molecule has 0 atom stereocenters. The van der Waals surface area contributed by atoms with Crippen LogP contribution in [0.15, 0.2) is 60.2 Å². The number of hydrogen-bond donors (Lipinski definition) is 1. The van der Waals surface area contributed by atoms with Crippen LogP contribution in [0.3, 0.4) is 0 Å². The molecule has 0 bridgehead atoms. The molecule has 9 nitrogen and oxygen atoms in total. The van der Waals surface area contributed by atoms with Gasteiger partial charge < -0.3 is 19.5 Å². The van der Waals surface area contributed by atoms with Crippen molar-refractivity contribution in [2.75, 3.05) is 19.5 Å². The highest BCUT2D eigenvalue weighted by Crippen LogP contribution is 2.33. The Bertz CT molecular complexity index is 1360. The number of carbonyl (C=O) groups is 1. The van der Waals surface area contributed by atoms with Gasteiger partial charge in [0.2, 0.25) is 0 Å². The molecule has 3 aromatic rings. The van der Waals surface area contributed by atoms with E-state index in [9.17, 15) is 20.2 Å². The van der Waals surface area contributed by atoms with Crippen molar-refractivity contribution in [3.8, 4) is 23.3 Å². The highest BCUT2D eigenvalue weighted by Gasteiger charge is 2.17. The van der Waals surface area contributed by atoms with Crippen LogP contribution < -0.4 is 19.5 Å². The highest BCUT2D eigenvalue weighted by molar-refractivity contribution is 6.35. The molecule has 1 N–H and O–H groups in total. The topological polar surface area (TPSA) is 124 Å². The normalized spacial score (nSPS) is 10.8. The molecule has 184 valence electrons. The Morgan fingerprint density at radius 1 is 1.06 bits per heavy atom. The van der Waals surface area contributed by atoms with Crippen LogP contribution >= 0.6 is 23.2 Å². The van der Waals surface area contributed by atoms with Crippen LogP contribution in [0.5, 0.6) is 17.2 Å². The van der Waals surface area contributed by atoms with Crippen LogP contribution in [0.25, 0.3) is 6.08 Å². The zero-order valence-corrected chi connectivity index (χ0v) is 20.6. The molecule has 0 spiro atoms. The fraction of sp³-hybridized carbons (Fsp3) is 0.120. The molecule has 0 unspecified atom stereocenters. The van der Waals surface area contributed by atoms with Gasteiger partial charge in [0.1, 0.15) is 24.0 Å². The Morgan fingerprint density at radius 3 is 2.33 bits per heavy atom. The first-order valence-electron chi connectivity index (χ1n) is 10.3.